The maximum absolute atomic E-state index is 2.74. The molecule has 302 valence electrons. The van der Waals surface area contributed by atoms with Crippen LogP contribution in [0, 0.1) is 35.5 Å². The number of hydrogen-bond acceptors (Lipinski definition) is 0. The molecule has 0 aliphatic heterocycles. The van der Waals surface area contributed by atoms with Gasteiger partial charge in [0.05, 0.1) is 0 Å². The fourth-order valence-electron chi connectivity index (χ4n) is 12.4. The van der Waals surface area contributed by atoms with E-state index in [2.05, 4.69) is 181 Å². The second-order valence-corrected chi connectivity index (χ2v) is 23.6. The van der Waals surface area contributed by atoms with E-state index in [1.165, 1.54) is 109 Å². The van der Waals surface area contributed by atoms with E-state index in [0.717, 1.165) is 29.6 Å². The second kappa shape index (κ2) is 13.6. The Bertz CT molecular complexity index is 2380. The van der Waals surface area contributed by atoms with Crippen LogP contribution in [0.5, 0.6) is 0 Å². The monoisotopic (exact) mass is 767 g/mol. The first-order valence-electron chi connectivity index (χ1n) is 22.9. The van der Waals surface area contributed by atoms with Crippen LogP contribution >= 0.6 is 0 Å². The predicted molar refractivity (Wildman–Crippen MR) is 250 cm³/mol. The van der Waals surface area contributed by atoms with Crippen molar-refractivity contribution >= 4 is 17.2 Å². The minimum atomic E-state index is -0.118. The molecule has 0 spiro atoms. The summed E-state index contributed by atoms with van der Waals surface area (Å²) < 4.78 is 0. The molecule has 4 saturated carbocycles. The first kappa shape index (κ1) is 39.6. The Kier molecular flexibility index (Phi) is 9.25. The summed E-state index contributed by atoms with van der Waals surface area (Å²) >= 11 is 0. The lowest BCUT2D eigenvalue weighted by Crippen LogP contribution is -2.45. The van der Waals surface area contributed by atoms with Gasteiger partial charge in [0.15, 0.2) is 0 Å². The molecule has 58 heavy (non-hydrogen) atoms. The third-order valence-corrected chi connectivity index (χ3v) is 15.1. The molecule has 6 aliphatic carbocycles. The zero-order chi connectivity index (χ0) is 41.3. The van der Waals surface area contributed by atoms with E-state index in [0.29, 0.717) is 5.92 Å². The summed E-state index contributed by atoms with van der Waals surface area (Å²) in [5, 5.41) is 2.81. The highest BCUT2D eigenvalue weighted by Gasteiger charge is 2.49. The van der Waals surface area contributed by atoms with Gasteiger partial charge in [-0.1, -0.05) is 169 Å². The molecule has 4 aromatic carbocycles. The van der Waals surface area contributed by atoms with Crippen molar-refractivity contribution in [3.63, 3.8) is 0 Å². The summed E-state index contributed by atoms with van der Waals surface area (Å²) in [5.41, 5.74) is 18.5. The highest BCUT2D eigenvalue weighted by molar-refractivity contribution is 5.92. The lowest BCUT2D eigenvalue weighted by molar-refractivity contribution is -0.0194. The van der Waals surface area contributed by atoms with Gasteiger partial charge in [0.25, 0.3) is 0 Å². The molecule has 0 radical (unpaired) electrons. The van der Waals surface area contributed by atoms with Crippen LogP contribution in [-0.2, 0) is 21.7 Å². The van der Waals surface area contributed by atoms with Crippen LogP contribution in [0.15, 0.2) is 90.5 Å². The largest absolute Gasteiger partial charge is 0.0737 e. The highest BCUT2D eigenvalue weighted by atomic mass is 14.5. The fraction of sp³-hybridized carbons (Fsp3) is 0.483. The van der Waals surface area contributed by atoms with Gasteiger partial charge in [-0.2, -0.15) is 0 Å². The van der Waals surface area contributed by atoms with Gasteiger partial charge in [0, 0.05) is 5.92 Å². The average Bonchev–Trinajstić information content (AvgIpc) is 3.69. The summed E-state index contributed by atoms with van der Waals surface area (Å²) in [7, 11) is 0. The first-order valence-corrected chi connectivity index (χ1v) is 22.9. The number of fused-ring (bicyclic) bond motifs is 3. The van der Waals surface area contributed by atoms with Crippen LogP contribution in [0.4, 0.5) is 0 Å². The van der Waals surface area contributed by atoms with E-state index in [1.54, 1.807) is 5.57 Å². The molecular formula is C58H70. The van der Waals surface area contributed by atoms with E-state index in [9.17, 15) is 0 Å². The molecule has 0 aromatic heterocycles. The summed E-state index contributed by atoms with van der Waals surface area (Å²) in [6.45, 7) is 30.9. The van der Waals surface area contributed by atoms with E-state index in [4.69, 9.17) is 0 Å². The Balaban J connectivity index is 1.36. The minimum Gasteiger partial charge on any atom is -0.0737 e. The van der Waals surface area contributed by atoms with Crippen LogP contribution in [-0.4, -0.2) is 0 Å². The maximum atomic E-state index is 2.74. The van der Waals surface area contributed by atoms with Crippen molar-refractivity contribution in [2.45, 2.75) is 144 Å². The third-order valence-electron chi connectivity index (χ3n) is 15.1. The fourth-order valence-corrected chi connectivity index (χ4v) is 12.4. The SMILES string of the molecule is CC1C=C(C2C3CC4CC(C3)CC2C4)C=C1c1c(C(C)(C)C)c(=C(c2ccc(C(C)(C)C)cc2)c2ccc(C(C)(C)C)cc2)cc2c1=Cc1cc(C(C)(C)C)ccc1-2. The maximum Gasteiger partial charge on any atom is 0.000186 e. The molecule has 1 unspecified atom stereocenters. The van der Waals surface area contributed by atoms with Crippen LogP contribution in [0.2, 0.25) is 0 Å². The lowest BCUT2D eigenvalue weighted by Gasteiger charge is -2.54. The molecule has 0 amide bonds. The molecule has 0 heterocycles. The molecular weight excluding hydrogens is 697 g/mol. The highest BCUT2D eigenvalue weighted by Crippen LogP contribution is 2.59. The number of rotatable bonds is 4. The Labute approximate surface area is 351 Å². The molecule has 6 aliphatic rings. The quantitative estimate of drug-likeness (QED) is 0.171. The van der Waals surface area contributed by atoms with Crippen LogP contribution < -0.4 is 10.4 Å². The van der Waals surface area contributed by atoms with Crippen molar-refractivity contribution < 1.29 is 0 Å². The van der Waals surface area contributed by atoms with Gasteiger partial charge in [-0.15, -0.1) is 0 Å². The normalized spacial score (nSPS) is 25.0. The predicted octanol–water partition coefficient (Wildman–Crippen LogP) is 14.0. The van der Waals surface area contributed by atoms with Crippen molar-refractivity contribution in [3.8, 4) is 11.1 Å². The smallest absolute Gasteiger partial charge is 0.000186 e. The van der Waals surface area contributed by atoms with Crippen LogP contribution in [0.25, 0.3) is 28.3 Å². The Morgan fingerprint density at radius 1 is 0.517 bits per heavy atom. The molecule has 4 bridgehead atoms. The lowest BCUT2D eigenvalue weighted by atomic mass is 9.50. The number of allylic oxidation sites excluding steroid dienone is 4. The van der Waals surface area contributed by atoms with Crippen LogP contribution in [0.3, 0.4) is 0 Å². The second-order valence-electron chi connectivity index (χ2n) is 23.6. The molecule has 10 rings (SSSR count). The van der Waals surface area contributed by atoms with Gasteiger partial charge in [-0.05, 0) is 178 Å². The van der Waals surface area contributed by atoms with Crippen molar-refractivity contribution in [2.24, 2.45) is 35.5 Å². The Hall–Kier alpha value is -3.90. The third kappa shape index (κ3) is 6.83. The standard InChI is InChI=1S/C58H70/c1-34-24-40(51-41-26-35-25-36(28-41)29-42(51)27-35)32-47(34)53-49-31-39-30-45(57(8,9)10)22-23-46(39)48(49)33-50(54(53)58(11,12)13)52(37-14-18-43(19-15-37)55(2,3)4)38-16-20-44(21-17-38)56(5,6)7/h14-24,30-36,41-42,51H,25-29H2,1-13H3. The van der Waals surface area contributed by atoms with Gasteiger partial charge >= 0.3 is 0 Å². The van der Waals surface area contributed by atoms with Crippen molar-refractivity contribution in [1.82, 2.24) is 0 Å². The summed E-state index contributed by atoms with van der Waals surface area (Å²) in [5.74, 6) is 4.84. The molecule has 0 saturated heterocycles. The topological polar surface area (TPSA) is 0 Å². The minimum absolute atomic E-state index is 0.0849. The van der Waals surface area contributed by atoms with E-state index in [1.807, 2.05) is 0 Å². The van der Waals surface area contributed by atoms with Gasteiger partial charge in [0.2, 0.25) is 0 Å². The van der Waals surface area contributed by atoms with E-state index >= 15 is 0 Å². The van der Waals surface area contributed by atoms with Gasteiger partial charge < -0.3 is 0 Å². The number of benzene rings is 4. The molecule has 1 atom stereocenters. The van der Waals surface area contributed by atoms with Crippen LogP contribution in [0.1, 0.15) is 167 Å². The molecule has 0 nitrogen and oxygen atoms in total. The summed E-state index contributed by atoms with van der Waals surface area (Å²) in [6, 6.07) is 29.1. The van der Waals surface area contributed by atoms with Gasteiger partial charge in [-0.3, -0.25) is 0 Å². The first-order chi connectivity index (χ1) is 27.1. The van der Waals surface area contributed by atoms with Crippen molar-refractivity contribution in [1.29, 1.82) is 0 Å². The molecule has 0 N–H and O–H groups in total. The molecule has 4 aromatic rings. The Morgan fingerprint density at radius 3 is 1.50 bits per heavy atom. The summed E-state index contributed by atoms with van der Waals surface area (Å²) in [6.07, 6.45) is 15.4. The summed E-state index contributed by atoms with van der Waals surface area (Å²) in [4.78, 5) is 0. The zero-order valence-electron chi connectivity index (χ0n) is 38.2. The van der Waals surface area contributed by atoms with E-state index < -0.39 is 0 Å². The average molecular weight is 767 g/mol. The zero-order valence-corrected chi connectivity index (χ0v) is 38.2. The molecule has 0 heteroatoms. The van der Waals surface area contributed by atoms with Crippen molar-refractivity contribution in [2.75, 3.05) is 0 Å². The molecule has 4 fully saturated rings. The van der Waals surface area contributed by atoms with Gasteiger partial charge in [-0.25, -0.2) is 0 Å². The number of hydrogen-bond donors (Lipinski definition) is 0. The van der Waals surface area contributed by atoms with E-state index in [-0.39, 0.29) is 21.7 Å². The van der Waals surface area contributed by atoms with Gasteiger partial charge in [0.1, 0.15) is 0 Å². The Morgan fingerprint density at radius 2 is 1.02 bits per heavy atom. The van der Waals surface area contributed by atoms with Crippen molar-refractivity contribution in [3.05, 3.63) is 145 Å².